The average molecular weight is 562 g/mol. The van der Waals surface area contributed by atoms with Crippen molar-refractivity contribution in [1.29, 1.82) is 0 Å². The van der Waals surface area contributed by atoms with Crippen LogP contribution in [0.2, 0.25) is 16.3 Å². The Hall–Kier alpha value is -0.423. The number of hydrogen-bond acceptors (Lipinski definition) is 2. The van der Waals surface area contributed by atoms with Crippen LogP contribution in [0.4, 0.5) is 0 Å². The molecular weight excluding hydrogens is 523 g/mol. The van der Waals surface area contributed by atoms with Gasteiger partial charge >= 0.3 is 152 Å². The Morgan fingerprint density at radius 2 is 1.61 bits per heavy atom. The first-order chi connectivity index (χ1) is 13.1. The molecule has 0 aromatic carbocycles. The molecule has 28 heavy (non-hydrogen) atoms. The predicted molar refractivity (Wildman–Crippen MR) is 125 cm³/mol. The molecule has 0 saturated carbocycles. The number of rotatable bonds is 1. The molecule has 4 heteroatoms. The Bertz CT molecular complexity index is 732. The second kappa shape index (κ2) is 11.1. The molecule has 0 heterocycles. The molecular formula is C24H39HfN2Si. The second-order valence-electron chi connectivity index (χ2n) is 8.43. The third kappa shape index (κ3) is 4.83. The quantitative estimate of drug-likeness (QED) is 0.447. The van der Waals surface area contributed by atoms with Gasteiger partial charge in [-0.05, 0) is 28.2 Å². The number of hydrogen-bond donors (Lipinski definition) is 2. The van der Waals surface area contributed by atoms with Gasteiger partial charge in [-0.25, -0.2) is 0 Å². The van der Waals surface area contributed by atoms with Gasteiger partial charge in [-0.1, -0.05) is 0 Å². The molecule has 3 aliphatic rings. The van der Waals surface area contributed by atoms with Crippen LogP contribution >= 0.6 is 0 Å². The molecule has 0 amide bonds. The van der Waals surface area contributed by atoms with Crippen LogP contribution in [-0.4, -0.2) is 41.8 Å². The summed E-state index contributed by atoms with van der Waals surface area (Å²) in [5, 5.41) is 7.29. The van der Waals surface area contributed by atoms with Crippen LogP contribution in [0.25, 0.3) is 0 Å². The van der Waals surface area contributed by atoms with Crippen LogP contribution in [0.5, 0.6) is 0 Å². The van der Waals surface area contributed by atoms with Crippen molar-refractivity contribution in [1.82, 2.24) is 10.6 Å². The Balaban J connectivity index is 0.000000582. The molecule has 2 N–H and O–H groups in total. The molecule has 0 bridgehead atoms. The van der Waals surface area contributed by atoms with Crippen LogP contribution in [0.3, 0.4) is 0 Å². The van der Waals surface area contributed by atoms with Crippen molar-refractivity contribution in [3.05, 3.63) is 59.3 Å². The van der Waals surface area contributed by atoms with E-state index in [0.29, 0.717) is 5.92 Å². The largest absolute Gasteiger partial charge is 0.323 e. The van der Waals surface area contributed by atoms with Crippen molar-refractivity contribution < 1.29 is 24.4 Å². The summed E-state index contributed by atoms with van der Waals surface area (Å²) in [5.74, 6) is 0.546. The fraction of sp³-hybridized carbons (Fsp3) is 0.542. The first kappa shape index (κ1) is 25.6. The van der Waals surface area contributed by atoms with Gasteiger partial charge in [-0.15, -0.1) is 0 Å². The zero-order valence-electron chi connectivity index (χ0n) is 19.3. The summed E-state index contributed by atoms with van der Waals surface area (Å²) < 4.78 is 0.264. The third-order valence-electron chi connectivity index (χ3n) is 5.51. The number of allylic oxidation sites excluding steroid dienone is 10. The molecule has 3 rings (SSSR count). The van der Waals surface area contributed by atoms with Crippen LogP contribution in [0, 0.1) is 11.3 Å². The molecule has 0 saturated heterocycles. The summed E-state index contributed by atoms with van der Waals surface area (Å²) in [7, 11) is 7.03. The minimum absolute atomic E-state index is 0.264. The van der Waals surface area contributed by atoms with Gasteiger partial charge in [0.05, 0.1) is 0 Å². The number of nitrogens with one attached hydrogen (secondary N) is 2. The van der Waals surface area contributed by atoms with Crippen molar-refractivity contribution in [2.45, 2.75) is 43.5 Å². The van der Waals surface area contributed by atoms with Gasteiger partial charge in [0.2, 0.25) is 0 Å². The maximum Gasteiger partial charge on any atom is -0.0167 e. The SMILES string of the molecule is CC1C=CC=CC2=C1C(=[Si](C)C)C(C)(C)[C]2([Hf])C1=CC=CC1.CNC.CNC. The first-order valence-electron chi connectivity index (χ1n) is 10.2. The van der Waals surface area contributed by atoms with Crippen LogP contribution < -0.4 is 10.6 Å². The fourth-order valence-electron chi connectivity index (χ4n) is 4.56. The molecule has 2 atom stereocenters. The maximum absolute atomic E-state index is 2.75. The molecule has 0 aliphatic heterocycles. The monoisotopic (exact) mass is 563 g/mol. The normalized spacial score (nSPS) is 26.6. The zero-order valence-corrected chi connectivity index (χ0v) is 23.9. The van der Waals surface area contributed by atoms with E-state index in [1.165, 1.54) is 24.4 Å². The topological polar surface area (TPSA) is 24.1 Å². The van der Waals surface area contributed by atoms with E-state index in [4.69, 9.17) is 0 Å². The van der Waals surface area contributed by atoms with Crippen LogP contribution in [-0.2, 0) is 24.4 Å². The van der Waals surface area contributed by atoms with E-state index in [0.717, 1.165) is 6.42 Å². The van der Waals surface area contributed by atoms with Gasteiger partial charge in [0.1, 0.15) is 0 Å². The predicted octanol–water partition coefficient (Wildman–Crippen LogP) is 4.86. The molecule has 0 aromatic heterocycles. The van der Waals surface area contributed by atoms with E-state index in [1.807, 2.05) is 28.2 Å². The molecule has 2 nitrogen and oxygen atoms in total. The second-order valence-corrected chi connectivity index (χ2v) is 13.6. The van der Waals surface area contributed by atoms with E-state index in [-0.39, 0.29) is 8.59 Å². The molecule has 0 radical (unpaired) electrons. The van der Waals surface area contributed by atoms with Gasteiger partial charge in [-0.3, -0.25) is 0 Å². The Labute approximate surface area is 190 Å². The summed E-state index contributed by atoms with van der Waals surface area (Å²) in [6, 6.07) is 0. The summed E-state index contributed by atoms with van der Waals surface area (Å²) in [6.07, 6.45) is 17.5. The fourth-order valence-corrected chi connectivity index (χ4v) is 9.24. The van der Waals surface area contributed by atoms with Gasteiger partial charge in [0.25, 0.3) is 0 Å². The molecule has 153 valence electrons. The Morgan fingerprint density at radius 1 is 1.04 bits per heavy atom. The summed E-state index contributed by atoms with van der Waals surface area (Å²) in [5.41, 5.74) is 5.23. The molecule has 2 unspecified atom stereocenters. The van der Waals surface area contributed by atoms with Crippen LogP contribution in [0.15, 0.2) is 59.3 Å². The van der Waals surface area contributed by atoms with E-state index >= 15 is 0 Å². The van der Waals surface area contributed by atoms with E-state index < -0.39 is 8.41 Å². The van der Waals surface area contributed by atoms with Gasteiger partial charge in [0.15, 0.2) is 0 Å². The van der Waals surface area contributed by atoms with Gasteiger partial charge in [0, 0.05) is 0 Å². The Kier molecular flexibility index (Phi) is 10.2. The standard InChI is InChI=1S/C20H25Si.2C2H7N.Hf/c1-14-10-6-9-13-16-17(14)19(21(4)5)20(2,3)18(16)15-11-7-8-12-15;2*1-3-2;/h6-11,13-14H,12H2,1-5H3;2*3H,1-2H3;. The van der Waals surface area contributed by atoms with Crippen molar-refractivity contribution in [3.63, 3.8) is 0 Å². The van der Waals surface area contributed by atoms with E-state index in [2.05, 4.69) is 87.0 Å². The molecule has 3 aliphatic carbocycles. The summed E-state index contributed by atoms with van der Waals surface area (Å²) in [6.45, 7) is 12.4. The maximum atomic E-state index is 2.75. The zero-order chi connectivity index (χ0) is 21.5. The van der Waals surface area contributed by atoms with Crippen molar-refractivity contribution in [2.24, 2.45) is 11.3 Å². The molecule has 0 fully saturated rings. The minimum Gasteiger partial charge on any atom is -0.323 e. The molecule has 0 spiro atoms. The van der Waals surface area contributed by atoms with Crippen molar-refractivity contribution in [3.8, 4) is 0 Å². The van der Waals surface area contributed by atoms with Gasteiger partial charge < -0.3 is 10.6 Å². The Morgan fingerprint density at radius 3 is 2.07 bits per heavy atom. The van der Waals surface area contributed by atoms with Crippen molar-refractivity contribution >= 4 is 13.6 Å². The van der Waals surface area contributed by atoms with Crippen LogP contribution in [0.1, 0.15) is 27.2 Å². The summed E-state index contributed by atoms with van der Waals surface area (Å²) >= 11 is 1.18. The van der Waals surface area contributed by atoms with E-state index in [1.54, 1.807) is 21.9 Å². The average Bonchev–Trinajstić information content (AvgIpc) is 3.14. The van der Waals surface area contributed by atoms with E-state index in [9.17, 15) is 0 Å². The first-order valence-corrected chi connectivity index (χ1v) is 14.5. The molecule has 0 aromatic rings. The van der Waals surface area contributed by atoms with Gasteiger partial charge in [-0.2, -0.15) is 0 Å². The third-order valence-corrected chi connectivity index (χ3v) is 11.8. The summed E-state index contributed by atoms with van der Waals surface area (Å²) in [4.78, 5) is 0. The minimum atomic E-state index is -0.469. The van der Waals surface area contributed by atoms with Crippen molar-refractivity contribution in [2.75, 3.05) is 28.2 Å². The smallest absolute Gasteiger partial charge is 0.0167 e.